The van der Waals surface area contributed by atoms with Crippen molar-refractivity contribution in [2.24, 2.45) is 0 Å². The molecule has 2 aromatic carbocycles. The van der Waals surface area contributed by atoms with Crippen LogP contribution >= 0.6 is 0 Å². The number of fused-ring (bicyclic) bond motifs is 1. The van der Waals surface area contributed by atoms with E-state index in [1.54, 1.807) is 30.3 Å². The number of anilines is 1. The molecule has 134 valence electrons. The summed E-state index contributed by atoms with van der Waals surface area (Å²) in [7, 11) is -2.27. The number of nitrogens with one attached hydrogen (secondary N) is 1. The second-order valence-corrected chi connectivity index (χ2v) is 7.80. The van der Waals surface area contributed by atoms with E-state index in [4.69, 9.17) is 4.74 Å². The van der Waals surface area contributed by atoms with Gasteiger partial charge in [-0.3, -0.25) is 4.72 Å². The Labute approximate surface area is 152 Å². The molecule has 3 aromatic rings. The van der Waals surface area contributed by atoms with E-state index in [1.165, 1.54) is 13.2 Å². The number of hydrogen-bond acceptors (Lipinski definition) is 4. The first kappa shape index (κ1) is 16.7. The lowest BCUT2D eigenvalue weighted by Gasteiger charge is -2.12. The summed E-state index contributed by atoms with van der Waals surface area (Å²) in [6.07, 6.45) is 4.01. The van der Waals surface area contributed by atoms with Crippen LogP contribution in [0, 0.1) is 0 Å². The van der Waals surface area contributed by atoms with Crippen LogP contribution in [-0.4, -0.2) is 25.1 Å². The van der Waals surface area contributed by atoms with Crippen LogP contribution in [0.4, 0.5) is 5.69 Å². The van der Waals surface area contributed by atoms with E-state index in [9.17, 15) is 8.42 Å². The monoisotopic (exact) mass is 369 g/mol. The van der Waals surface area contributed by atoms with Gasteiger partial charge in [-0.05, 0) is 36.2 Å². The largest absolute Gasteiger partial charge is 0.495 e. The Morgan fingerprint density at radius 2 is 1.88 bits per heavy atom. The number of nitrogens with zero attached hydrogens (tertiary/aromatic N) is 2. The number of para-hydroxylation sites is 1. The highest BCUT2D eigenvalue weighted by atomic mass is 32.2. The van der Waals surface area contributed by atoms with Crippen molar-refractivity contribution in [3.8, 4) is 17.0 Å². The molecule has 0 fully saturated rings. The van der Waals surface area contributed by atoms with E-state index in [1.807, 2.05) is 18.3 Å². The average Bonchev–Trinajstić information content (AvgIpc) is 3.26. The van der Waals surface area contributed by atoms with E-state index in [-0.39, 0.29) is 4.90 Å². The quantitative estimate of drug-likeness (QED) is 0.749. The fourth-order valence-corrected chi connectivity index (χ4v) is 4.48. The number of ether oxygens (including phenoxy) is 1. The van der Waals surface area contributed by atoms with E-state index in [2.05, 4.69) is 14.3 Å². The van der Waals surface area contributed by atoms with Gasteiger partial charge in [0.1, 0.15) is 16.5 Å². The summed E-state index contributed by atoms with van der Waals surface area (Å²) >= 11 is 0. The first-order valence-corrected chi connectivity index (χ1v) is 9.87. The number of sulfonamides is 1. The standard InChI is InChI=1S/C19H19N3O3S/c1-25-17-5-2-3-6-18(17)26(23,24)21-15-10-8-14(9-11-15)16-13-20-19-7-4-12-22(16)19/h2-3,5-6,8-11,13,21H,4,7,12H2,1H3. The normalized spacial score (nSPS) is 13.4. The van der Waals surface area contributed by atoms with Gasteiger partial charge in [-0.15, -0.1) is 0 Å². The number of methoxy groups -OCH3 is 1. The third-order valence-electron chi connectivity index (χ3n) is 4.51. The Morgan fingerprint density at radius 1 is 1.12 bits per heavy atom. The van der Waals surface area contributed by atoms with Gasteiger partial charge >= 0.3 is 0 Å². The van der Waals surface area contributed by atoms with E-state index < -0.39 is 10.0 Å². The van der Waals surface area contributed by atoms with Crippen molar-refractivity contribution < 1.29 is 13.2 Å². The lowest BCUT2D eigenvalue weighted by Crippen LogP contribution is -2.14. The molecule has 0 bridgehead atoms. The zero-order chi connectivity index (χ0) is 18.1. The first-order chi connectivity index (χ1) is 12.6. The molecule has 0 atom stereocenters. The fraction of sp³-hybridized carbons (Fsp3) is 0.211. The molecule has 0 amide bonds. The highest BCUT2D eigenvalue weighted by Crippen LogP contribution is 2.28. The maximum absolute atomic E-state index is 12.6. The third kappa shape index (κ3) is 2.94. The molecule has 7 heteroatoms. The molecule has 0 saturated carbocycles. The Kier molecular flexibility index (Phi) is 4.16. The average molecular weight is 369 g/mol. The number of aromatic nitrogens is 2. The summed E-state index contributed by atoms with van der Waals surface area (Å²) in [6, 6.07) is 13.9. The van der Waals surface area contributed by atoms with E-state index >= 15 is 0 Å². The zero-order valence-electron chi connectivity index (χ0n) is 14.3. The third-order valence-corrected chi connectivity index (χ3v) is 5.93. The molecule has 1 aliphatic heterocycles. The molecule has 0 radical (unpaired) electrons. The van der Waals surface area contributed by atoms with Gasteiger partial charge < -0.3 is 9.30 Å². The Bertz CT molecular complexity index is 1040. The lowest BCUT2D eigenvalue weighted by atomic mass is 10.1. The molecule has 0 spiro atoms. The molecule has 26 heavy (non-hydrogen) atoms. The molecule has 1 aromatic heterocycles. The first-order valence-electron chi connectivity index (χ1n) is 8.39. The predicted molar refractivity (Wildman–Crippen MR) is 99.8 cm³/mol. The van der Waals surface area contributed by atoms with E-state index in [0.29, 0.717) is 11.4 Å². The summed E-state index contributed by atoms with van der Waals surface area (Å²) in [6.45, 7) is 0.979. The number of rotatable bonds is 5. The van der Waals surface area contributed by atoms with Crippen LogP contribution in [0.15, 0.2) is 59.6 Å². The van der Waals surface area contributed by atoms with Gasteiger partial charge in [0.05, 0.1) is 19.0 Å². The van der Waals surface area contributed by atoms with Crippen molar-refractivity contribution in [1.82, 2.24) is 9.55 Å². The van der Waals surface area contributed by atoms with Crippen molar-refractivity contribution in [2.45, 2.75) is 24.3 Å². The minimum atomic E-state index is -3.72. The van der Waals surface area contributed by atoms with Crippen LogP contribution in [0.3, 0.4) is 0 Å². The minimum absolute atomic E-state index is 0.111. The van der Waals surface area contributed by atoms with Crippen molar-refractivity contribution in [1.29, 1.82) is 0 Å². The SMILES string of the molecule is COc1ccccc1S(=O)(=O)Nc1ccc(-c2cnc3n2CCC3)cc1. The van der Waals surface area contributed by atoms with Crippen molar-refractivity contribution >= 4 is 15.7 Å². The Hall–Kier alpha value is -2.80. The van der Waals surface area contributed by atoms with Crippen molar-refractivity contribution in [3.63, 3.8) is 0 Å². The second kappa shape index (κ2) is 6.49. The van der Waals surface area contributed by atoms with Gasteiger partial charge in [0.15, 0.2) is 0 Å². The van der Waals surface area contributed by atoms with E-state index in [0.717, 1.165) is 36.5 Å². The molecule has 1 aliphatic rings. The molecular weight excluding hydrogens is 350 g/mol. The summed E-state index contributed by atoms with van der Waals surface area (Å²) in [4.78, 5) is 4.56. The van der Waals surface area contributed by atoms with Crippen molar-refractivity contribution in [3.05, 3.63) is 60.6 Å². The van der Waals surface area contributed by atoms with Gasteiger partial charge in [-0.25, -0.2) is 13.4 Å². The van der Waals surface area contributed by atoms with Crippen LogP contribution < -0.4 is 9.46 Å². The minimum Gasteiger partial charge on any atom is -0.495 e. The van der Waals surface area contributed by atoms with Gasteiger partial charge in [0.25, 0.3) is 10.0 Å². The molecule has 6 nitrogen and oxygen atoms in total. The van der Waals surface area contributed by atoms with Crippen molar-refractivity contribution in [2.75, 3.05) is 11.8 Å². The Morgan fingerprint density at radius 3 is 2.65 bits per heavy atom. The topological polar surface area (TPSA) is 73.2 Å². The van der Waals surface area contributed by atoms with Crippen LogP contribution in [0.5, 0.6) is 5.75 Å². The number of imidazole rings is 1. The summed E-state index contributed by atoms with van der Waals surface area (Å²) in [5.74, 6) is 1.42. The smallest absolute Gasteiger partial charge is 0.265 e. The molecule has 0 saturated heterocycles. The zero-order valence-corrected chi connectivity index (χ0v) is 15.2. The Balaban J connectivity index is 1.59. The number of benzene rings is 2. The summed E-state index contributed by atoms with van der Waals surface area (Å²) < 4.78 is 35.3. The summed E-state index contributed by atoms with van der Waals surface area (Å²) in [5.41, 5.74) is 2.59. The molecule has 2 heterocycles. The number of hydrogen-bond donors (Lipinski definition) is 1. The van der Waals surface area contributed by atoms with Crippen LogP contribution in [0.25, 0.3) is 11.3 Å². The van der Waals surface area contributed by atoms with Gasteiger partial charge in [0.2, 0.25) is 0 Å². The van der Waals surface area contributed by atoms with Gasteiger partial charge in [-0.1, -0.05) is 24.3 Å². The molecule has 1 N–H and O–H groups in total. The van der Waals surface area contributed by atoms with Crippen LogP contribution in [0.2, 0.25) is 0 Å². The maximum atomic E-state index is 12.6. The highest BCUT2D eigenvalue weighted by Gasteiger charge is 2.20. The molecule has 0 unspecified atom stereocenters. The van der Waals surface area contributed by atoms with Crippen LogP contribution in [-0.2, 0) is 23.0 Å². The highest BCUT2D eigenvalue weighted by molar-refractivity contribution is 7.92. The molecular formula is C19H19N3O3S. The summed E-state index contributed by atoms with van der Waals surface area (Å²) in [5, 5.41) is 0. The lowest BCUT2D eigenvalue weighted by molar-refractivity contribution is 0.403. The van der Waals surface area contributed by atoms with Gasteiger partial charge in [-0.2, -0.15) is 0 Å². The van der Waals surface area contributed by atoms with Crippen LogP contribution in [0.1, 0.15) is 12.2 Å². The second-order valence-electron chi connectivity index (χ2n) is 6.15. The van der Waals surface area contributed by atoms with Gasteiger partial charge in [0, 0.05) is 18.7 Å². The molecule has 4 rings (SSSR count). The number of aryl methyl sites for hydroxylation is 1. The fourth-order valence-electron chi connectivity index (χ4n) is 3.25. The maximum Gasteiger partial charge on any atom is 0.265 e. The molecule has 0 aliphatic carbocycles. The predicted octanol–water partition coefficient (Wildman–Crippen LogP) is 3.31.